The summed E-state index contributed by atoms with van der Waals surface area (Å²) < 4.78 is 0. The van der Waals surface area contributed by atoms with Gasteiger partial charge in [0.15, 0.2) is 0 Å². The first-order valence-electron chi connectivity index (χ1n) is 7.02. The molecule has 2 N–H and O–H groups in total. The first-order valence-corrected chi connectivity index (χ1v) is 7.02. The Hall–Kier alpha value is -0.0800. The topological polar surface area (TPSA) is 32.3 Å². The lowest BCUT2D eigenvalue weighted by Gasteiger charge is -2.32. The maximum absolute atomic E-state index is 10.1. The lowest BCUT2D eigenvalue weighted by Crippen LogP contribution is -2.36. The summed E-state index contributed by atoms with van der Waals surface area (Å²) in [6, 6.07) is 0. The summed E-state index contributed by atoms with van der Waals surface area (Å²) in [6.45, 7) is 8.47. The van der Waals surface area contributed by atoms with Crippen molar-refractivity contribution in [3.05, 3.63) is 0 Å². The van der Waals surface area contributed by atoms with Crippen molar-refractivity contribution in [3.63, 3.8) is 0 Å². The summed E-state index contributed by atoms with van der Waals surface area (Å²) in [6.07, 6.45) is 6.29. The highest BCUT2D eigenvalue weighted by molar-refractivity contribution is 4.78. The molecule has 0 aromatic heterocycles. The Balaban J connectivity index is 2.21. The average Bonchev–Trinajstić information content (AvgIpc) is 2.28. The molecule has 0 aromatic carbocycles. The third kappa shape index (κ3) is 4.84. The minimum atomic E-state index is -0.131. The maximum atomic E-state index is 10.1. The highest BCUT2D eigenvalue weighted by atomic mass is 16.3. The second-order valence-electron chi connectivity index (χ2n) is 5.82. The zero-order valence-electron chi connectivity index (χ0n) is 11.2. The van der Waals surface area contributed by atoms with Gasteiger partial charge in [-0.3, -0.25) is 0 Å². The predicted molar refractivity (Wildman–Crippen MR) is 69.5 cm³/mol. The molecule has 1 aliphatic rings. The van der Waals surface area contributed by atoms with E-state index in [-0.39, 0.29) is 6.10 Å². The maximum Gasteiger partial charge on any atom is 0.0692 e. The molecule has 96 valence electrons. The molecule has 0 aliphatic heterocycles. The Morgan fingerprint density at radius 3 is 2.62 bits per heavy atom. The Bertz CT molecular complexity index is 182. The fraction of sp³-hybridized carbons (Fsp3) is 1.00. The van der Waals surface area contributed by atoms with Gasteiger partial charge in [0, 0.05) is 6.54 Å². The van der Waals surface area contributed by atoms with Gasteiger partial charge in [-0.1, -0.05) is 40.0 Å². The molecule has 0 aromatic rings. The zero-order chi connectivity index (χ0) is 12.0. The Labute approximate surface area is 101 Å². The van der Waals surface area contributed by atoms with E-state index in [1.807, 2.05) is 0 Å². The van der Waals surface area contributed by atoms with Crippen molar-refractivity contribution >= 4 is 0 Å². The standard InChI is InChI=1S/C14H29NO/c1-4-12-6-5-7-13(8-12)14(16)10-15-9-11(2)3/h11-16H,4-10H2,1-3H3. The van der Waals surface area contributed by atoms with Gasteiger partial charge in [0.05, 0.1) is 6.10 Å². The van der Waals surface area contributed by atoms with Gasteiger partial charge in [0.25, 0.3) is 0 Å². The van der Waals surface area contributed by atoms with Crippen molar-refractivity contribution in [3.8, 4) is 0 Å². The number of aliphatic hydroxyl groups excluding tert-OH is 1. The molecule has 0 radical (unpaired) electrons. The fourth-order valence-electron chi connectivity index (χ4n) is 2.74. The van der Waals surface area contributed by atoms with Crippen molar-refractivity contribution in [2.75, 3.05) is 13.1 Å². The first kappa shape index (κ1) is 14.0. The van der Waals surface area contributed by atoms with Crippen LogP contribution in [0.15, 0.2) is 0 Å². The molecule has 0 saturated heterocycles. The molecule has 3 unspecified atom stereocenters. The third-order valence-corrected chi connectivity index (χ3v) is 3.85. The Morgan fingerprint density at radius 1 is 1.25 bits per heavy atom. The van der Waals surface area contributed by atoms with Crippen molar-refractivity contribution in [1.29, 1.82) is 0 Å². The lowest BCUT2D eigenvalue weighted by molar-refractivity contribution is 0.0675. The number of aliphatic hydroxyl groups is 1. The molecule has 0 bridgehead atoms. The van der Waals surface area contributed by atoms with E-state index in [1.165, 1.54) is 32.1 Å². The monoisotopic (exact) mass is 227 g/mol. The van der Waals surface area contributed by atoms with E-state index in [9.17, 15) is 5.11 Å². The van der Waals surface area contributed by atoms with Crippen molar-refractivity contribution in [2.24, 2.45) is 17.8 Å². The molecule has 0 spiro atoms. The van der Waals surface area contributed by atoms with Gasteiger partial charge < -0.3 is 10.4 Å². The quantitative estimate of drug-likeness (QED) is 0.731. The van der Waals surface area contributed by atoms with Crippen LogP contribution in [0.1, 0.15) is 52.9 Å². The van der Waals surface area contributed by atoms with Crippen molar-refractivity contribution in [2.45, 2.75) is 59.0 Å². The SMILES string of the molecule is CCC1CCCC(C(O)CNCC(C)C)C1. The summed E-state index contributed by atoms with van der Waals surface area (Å²) >= 11 is 0. The van der Waals surface area contributed by atoms with Gasteiger partial charge >= 0.3 is 0 Å². The number of nitrogens with one attached hydrogen (secondary N) is 1. The lowest BCUT2D eigenvalue weighted by atomic mass is 9.77. The summed E-state index contributed by atoms with van der Waals surface area (Å²) in [7, 11) is 0. The van der Waals surface area contributed by atoms with Crippen LogP contribution in [-0.2, 0) is 0 Å². The number of rotatable bonds is 6. The summed E-state index contributed by atoms with van der Waals surface area (Å²) in [5.74, 6) is 2.07. The van der Waals surface area contributed by atoms with E-state index in [1.54, 1.807) is 0 Å². The van der Waals surface area contributed by atoms with Gasteiger partial charge in [-0.05, 0) is 37.1 Å². The van der Waals surface area contributed by atoms with Gasteiger partial charge in [0.2, 0.25) is 0 Å². The normalized spacial score (nSPS) is 28.3. The first-order chi connectivity index (χ1) is 7.63. The van der Waals surface area contributed by atoms with E-state index in [0.29, 0.717) is 11.8 Å². The molecular formula is C14H29NO. The summed E-state index contributed by atoms with van der Waals surface area (Å²) in [5.41, 5.74) is 0. The fourth-order valence-corrected chi connectivity index (χ4v) is 2.74. The van der Waals surface area contributed by atoms with Crippen LogP contribution in [-0.4, -0.2) is 24.3 Å². The molecule has 3 atom stereocenters. The molecule has 0 heterocycles. The van der Waals surface area contributed by atoms with Gasteiger partial charge in [-0.2, -0.15) is 0 Å². The van der Waals surface area contributed by atoms with E-state index >= 15 is 0 Å². The van der Waals surface area contributed by atoms with Gasteiger partial charge in [-0.15, -0.1) is 0 Å². The molecule has 16 heavy (non-hydrogen) atoms. The van der Waals surface area contributed by atoms with Crippen LogP contribution in [0.25, 0.3) is 0 Å². The number of hydrogen-bond donors (Lipinski definition) is 2. The van der Waals surface area contributed by atoms with E-state index in [4.69, 9.17) is 0 Å². The molecular weight excluding hydrogens is 198 g/mol. The third-order valence-electron chi connectivity index (χ3n) is 3.85. The minimum Gasteiger partial charge on any atom is -0.392 e. The van der Waals surface area contributed by atoms with Gasteiger partial charge in [0.1, 0.15) is 0 Å². The highest BCUT2D eigenvalue weighted by Gasteiger charge is 2.26. The molecule has 0 amide bonds. The van der Waals surface area contributed by atoms with E-state index < -0.39 is 0 Å². The summed E-state index contributed by atoms with van der Waals surface area (Å²) in [5, 5.41) is 13.5. The second-order valence-corrected chi connectivity index (χ2v) is 5.82. The molecule has 1 rings (SSSR count). The zero-order valence-corrected chi connectivity index (χ0v) is 11.2. The Kier molecular flexibility index (Phi) is 6.37. The van der Waals surface area contributed by atoms with Crippen molar-refractivity contribution < 1.29 is 5.11 Å². The molecule has 1 fully saturated rings. The van der Waals surface area contributed by atoms with Crippen LogP contribution < -0.4 is 5.32 Å². The van der Waals surface area contributed by atoms with Crippen LogP contribution in [0, 0.1) is 17.8 Å². The average molecular weight is 227 g/mol. The van der Waals surface area contributed by atoms with Gasteiger partial charge in [-0.25, -0.2) is 0 Å². The molecule has 1 saturated carbocycles. The van der Waals surface area contributed by atoms with E-state index in [0.717, 1.165) is 19.0 Å². The predicted octanol–water partition coefficient (Wildman–Crippen LogP) is 2.81. The van der Waals surface area contributed by atoms with Crippen LogP contribution >= 0.6 is 0 Å². The molecule has 1 aliphatic carbocycles. The van der Waals surface area contributed by atoms with Crippen LogP contribution in [0.2, 0.25) is 0 Å². The Morgan fingerprint density at radius 2 is 2.00 bits per heavy atom. The molecule has 2 heteroatoms. The summed E-state index contributed by atoms with van der Waals surface area (Å²) in [4.78, 5) is 0. The highest BCUT2D eigenvalue weighted by Crippen LogP contribution is 2.32. The van der Waals surface area contributed by atoms with Crippen LogP contribution in [0.5, 0.6) is 0 Å². The van der Waals surface area contributed by atoms with Crippen LogP contribution in [0.3, 0.4) is 0 Å². The van der Waals surface area contributed by atoms with Crippen molar-refractivity contribution in [1.82, 2.24) is 5.32 Å². The molecule has 2 nitrogen and oxygen atoms in total. The largest absolute Gasteiger partial charge is 0.392 e. The minimum absolute atomic E-state index is 0.131. The smallest absolute Gasteiger partial charge is 0.0692 e. The van der Waals surface area contributed by atoms with E-state index in [2.05, 4.69) is 26.1 Å². The second kappa shape index (κ2) is 7.29. The number of hydrogen-bond acceptors (Lipinski definition) is 2. The van der Waals surface area contributed by atoms with Crippen LogP contribution in [0.4, 0.5) is 0 Å².